The number of halogens is 2. The maximum atomic E-state index is 12.4. The molecule has 0 fully saturated rings. The van der Waals surface area contributed by atoms with E-state index in [0.717, 1.165) is 19.3 Å². The van der Waals surface area contributed by atoms with Crippen molar-refractivity contribution in [2.24, 2.45) is 0 Å². The van der Waals surface area contributed by atoms with Crippen molar-refractivity contribution in [3.63, 3.8) is 0 Å². The molecule has 0 N–H and O–H groups in total. The standard InChI is InChI=1S/C7H14F2Si/c1-2-3-4-7(10)6(9)5-8/h5,7H,2-4H2,1,10H3. The van der Waals surface area contributed by atoms with Gasteiger partial charge in [0.25, 0.3) is 0 Å². The summed E-state index contributed by atoms with van der Waals surface area (Å²) in [6, 6.07) is 0. The van der Waals surface area contributed by atoms with Crippen LogP contribution < -0.4 is 0 Å². The van der Waals surface area contributed by atoms with E-state index in [1.54, 1.807) is 0 Å². The van der Waals surface area contributed by atoms with Gasteiger partial charge in [0.1, 0.15) is 12.2 Å². The van der Waals surface area contributed by atoms with E-state index in [-0.39, 0.29) is 11.9 Å². The normalized spacial score (nSPS) is 15.7. The molecule has 0 aromatic rings. The van der Waals surface area contributed by atoms with Crippen molar-refractivity contribution in [1.29, 1.82) is 0 Å². The van der Waals surface area contributed by atoms with Crippen molar-refractivity contribution < 1.29 is 8.78 Å². The largest absolute Gasteiger partial charge is 0.213 e. The Morgan fingerprint density at radius 1 is 1.70 bits per heavy atom. The summed E-state index contributed by atoms with van der Waals surface area (Å²) in [7, 11) is 0.714. The van der Waals surface area contributed by atoms with E-state index in [4.69, 9.17) is 0 Å². The monoisotopic (exact) mass is 164 g/mol. The van der Waals surface area contributed by atoms with E-state index >= 15 is 0 Å². The second-order valence-electron chi connectivity index (χ2n) is 2.54. The first-order valence-electron chi connectivity index (χ1n) is 3.68. The van der Waals surface area contributed by atoms with Gasteiger partial charge >= 0.3 is 0 Å². The highest BCUT2D eigenvalue weighted by molar-refractivity contribution is 6.13. The maximum Gasteiger partial charge on any atom is 0.127 e. The van der Waals surface area contributed by atoms with Gasteiger partial charge in [-0.25, -0.2) is 8.78 Å². The molecule has 0 saturated carbocycles. The lowest BCUT2D eigenvalue weighted by Gasteiger charge is -2.05. The minimum absolute atomic E-state index is 0.0906. The zero-order chi connectivity index (χ0) is 7.98. The first kappa shape index (κ1) is 9.82. The molecule has 10 heavy (non-hydrogen) atoms. The molecule has 0 aliphatic rings. The second-order valence-corrected chi connectivity index (χ2v) is 3.93. The predicted octanol–water partition coefficient (Wildman–Crippen LogP) is 2.11. The molecule has 0 spiro atoms. The number of rotatable bonds is 4. The fraction of sp³-hybridized carbons (Fsp3) is 0.714. The fourth-order valence-electron chi connectivity index (χ4n) is 0.756. The van der Waals surface area contributed by atoms with Crippen molar-refractivity contribution in [2.45, 2.75) is 31.7 Å². The summed E-state index contributed by atoms with van der Waals surface area (Å²) in [4.78, 5) is 0. The summed E-state index contributed by atoms with van der Waals surface area (Å²) in [6.45, 7) is 2.05. The minimum atomic E-state index is -0.569. The second kappa shape index (κ2) is 5.59. The van der Waals surface area contributed by atoms with Crippen LogP contribution in [-0.2, 0) is 0 Å². The number of allylic oxidation sites excluding steroid dienone is 1. The quantitative estimate of drug-likeness (QED) is 0.558. The Bertz CT molecular complexity index is 112. The van der Waals surface area contributed by atoms with E-state index in [1.165, 1.54) is 0 Å². The minimum Gasteiger partial charge on any atom is -0.213 e. The highest BCUT2D eigenvalue weighted by atomic mass is 28.1. The van der Waals surface area contributed by atoms with Gasteiger partial charge in [0, 0.05) is 10.2 Å². The summed E-state index contributed by atoms with van der Waals surface area (Å²) >= 11 is 0. The Morgan fingerprint density at radius 3 is 2.70 bits per heavy atom. The van der Waals surface area contributed by atoms with Gasteiger partial charge in [0.2, 0.25) is 0 Å². The van der Waals surface area contributed by atoms with E-state index in [2.05, 4.69) is 0 Å². The Balaban J connectivity index is 3.51. The molecule has 0 nitrogen and oxygen atoms in total. The Morgan fingerprint density at radius 2 is 2.30 bits per heavy atom. The molecule has 0 aromatic heterocycles. The van der Waals surface area contributed by atoms with E-state index < -0.39 is 5.83 Å². The summed E-state index contributed by atoms with van der Waals surface area (Å²) in [5.41, 5.74) is -0.107. The number of unbranched alkanes of at least 4 members (excludes halogenated alkanes) is 1. The molecule has 3 heteroatoms. The fourth-order valence-corrected chi connectivity index (χ4v) is 1.29. The number of hydrogen-bond donors (Lipinski definition) is 0. The van der Waals surface area contributed by atoms with Crippen molar-refractivity contribution in [1.82, 2.24) is 0 Å². The highest BCUT2D eigenvalue weighted by Crippen LogP contribution is 2.21. The lowest BCUT2D eigenvalue weighted by Crippen LogP contribution is -1.92. The molecule has 1 unspecified atom stereocenters. The van der Waals surface area contributed by atoms with Crippen LogP contribution in [0, 0.1) is 0 Å². The molecule has 0 radical (unpaired) electrons. The van der Waals surface area contributed by atoms with Gasteiger partial charge in [-0.05, 0) is 12.0 Å². The Kier molecular flexibility index (Phi) is 5.49. The zero-order valence-electron chi connectivity index (χ0n) is 6.53. The van der Waals surface area contributed by atoms with E-state index in [1.807, 2.05) is 6.92 Å². The molecule has 0 saturated heterocycles. The van der Waals surface area contributed by atoms with Gasteiger partial charge in [-0.3, -0.25) is 0 Å². The third-order valence-electron chi connectivity index (χ3n) is 1.57. The van der Waals surface area contributed by atoms with Crippen LogP contribution in [0.25, 0.3) is 0 Å². The van der Waals surface area contributed by atoms with Gasteiger partial charge in [-0.15, -0.1) is 0 Å². The van der Waals surface area contributed by atoms with Crippen molar-refractivity contribution in [2.75, 3.05) is 0 Å². The molecule has 0 aliphatic carbocycles. The first-order chi connectivity index (χ1) is 4.72. The van der Waals surface area contributed by atoms with Crippen LogP contribution in [0.15, 0.2) is 12.2 Å². The lowest BCUT2D eigenvalue weighted by atomic mass is 10.2. The molecule has 0 amide bonds. The van der Waals surface area contributed by atoms with Gasteiger partial charge in [-0.1, -0.05) is 19.8 Å². The SMILES string of the molecule is CCCCC([SiH3])C(F)=CF. The van der Waals surface area contributed by atoms with Crippen LogP contribution in [0.1, 0.15) is 26.2 Å². The van der Waals surface area contributed by atoms with Crippen molar-refractivity contribution in [3.05, 3.63) is 12.2 Å². The van der Waals surface area contributed by atoms with Gasteiger partial charge in [0.15, 0.2) is 0 Å². The number of hydrogen-bond acceptors (Lipinski definition) is 0. The van der Waals surface area contributed by atoms with Gasteiger partial charge < -0.3 is 0 Å². The Labute approximate surface area is 63.7 Å². The molecular weight excluding hydrogens is 150 g/mol. The molecule has 1 atom stereocenters. The Hall–Kier alpha value is -0.183. The molecule has 0 aromatic carbocycles. The topological polar surface area (TPSA) is 0 Å². The van der Waals surface area contributed by atoms with Crippen LogP contribution >= 0.6 is 0 Å². The predicted molar refractivity (Wildman–Crippen MR) is 43.5 cm³/mol. The molecule has 0 rings (SSSR count). The molecule has 0 bridgehead atoms. The van der Waals surface area contributed by atoms with Crippen molar-refractivity contribution in [3.8, 4) is 0 Å². The van der Waals surface area contributed by atoms with Crippen LogP contribution in [-0.4, -0.2) is 10.2 Å². The maximum absolute atomic E-state index is 12.4. The van der Waals surface area contributed by atoms with Gasteiger partial charge in [-0.2, -0.15) is 0 Å². The highest BCUT2D eigenvalue weighted by Gasteiger charge is 2.06. The average Bonchev–Trinajstić information content (AvgIpc) is 1.98. The zero-order valence-corrected chi connectivity index (χ0v) is 8.53. The smallest absolute Gasteiger partial charge is 0.127 e. The molecule has 0 aliphatic heterocycles. The van der Waals surface area contributed by atoms with Crippen LogP contribution in [0.5, 0.6) is 0 Å². The molecule has 0 heterocycles. The van der Waals surface area contributed by atoms with Crippen LogP contribution in [0.3, 0.4) is 0 Å². The first-order valence-corrected chi connectivity index (χ1v) is 4.83. The summed E-state index contributed by atoms with van der Waals surface area (Å²) in [5, 5.41) is 0. The van der Waals surface area contributed by atoms with E-state index in [0.29, 0.717) is 10.2 Å². The lowest BCUT2D eigenvalue weighted by molar-refractivity contribution is 0.527. The van der Waals surface area contributed by atoms with Crippen LogP contribution in [0.4, 0.5) is 8.78 Å². The average molecular weight is 164 g/mol. The summed E-state index contributed by atoms with van der Waals surface area (Å²) < 4.78 is 23.9. The third-order valence-corrected chi connectivity index (χ3v) is 2.69. The molecular formula is C7H14F2Si. The molecule has 60 valence electrons. The summed E-state index contributed by atoms with van der Waals surface area (Å²) in [5.74, 6) is -0.569. The van der Waals surface area contributed by atoms with Gasteiger partial charge in [0.05, 0.1) is 0 Å². The summed E-state index contributed by atoms with van der Waals surface area (Å²) in [6.07, 6.45) is 2.94. The van der Waals surface area contributed by atoms with Crippen molar-refractivity contribution >= 4 is 10.2 Å². The van der Waals surface area contributed by atoms with E-state index in [9.17, 15) is 8.78 Å². The third kappa shape index (κ3) is 3.77. The van der Waals surface area contributed by atoms with Crippen LogP contribution in [0.2, 0.25) is 5.54 Å².